The highest BCUT2D eigenvalue weighted by Gasteiger charge is 2.15. The van der Waals surface area contributed by atoms with Crippen LogP contribution in [-0.2, 0) is 16.0 Å². The second-order valence-electron chi connectivity index (χ2n) is 5.75. The number of thiophene rings is 1. The monoisotopic (exact) mass is 341 g/mol. The van der Waals surface area contributed by atoms with Crippen molar-refractivity contribution in [2.24, 2.45) is 5.73 Å². The Morgan fingerprint density at radius 3 is 2.83 bits per heavy atom. The number of aromatic nitrogens is 1. The molecule has 0 saturated heterocycles. The molecule has 1 aromatic carbocycles. The van der Waals surface area contributed by atoms with Gasteiger partial charge in [0.25, 0.3) is 0 Å². The molecule has 3 aromatic rings. The van der Waals surface area contributed by atoms with Gasteiger partial charge in [0.1, 0.15) is 0 Å². The summed E-state index contributed by atoms with van der Waals surface area (Å²) in [6.45, 7) is 1.93. The third-order valence-electron chi connectivity index (χ3n) is 3.89. The maximum atomic E-state index is 11.9. The van der Waals surface area contributed by atoms with Gasteiger partial charge in [-0.2, -0.15) is 0 Å². The van der Waals surface area contributed by atoms with E-state index in [2.05, 4.69) is 41.5 Å². The molecule has 124 valence electrons. The van der Waals surface area contributed by atoms with Crippen molar-refractivity contribution in [3.8, 4) is 10.6 Å². The summed E-state index contributed by atoms with van der Waals surface area (Å²) in [7, 11) is 0. The van der Waals surface area contributed by atoms with Crippen LogP contribution in [0.25, 0.3) is 21.5 Å². The van der Waals surface area contributed by atoms with E-state index >= 15 is 0 Å². The first-order valence-corrected chi connectivity index (χ1v) is 8.62. The molecule has 0 unspecified atom stereocenters. The Hall–Kier alpha value is -2.60. The van der Waals surface area contributed by atoms with Crippen LogP contribution in [0.1, 0.15) is 17.5 Å². The van der Waals surface area contributed by atoms with Crippen molar-refractivity contribution in [1.82, 2.24) is 10.3 Å². The first-order valence-electron chi connectivity index (χ1n) is 7.74. The number of aryl methyl sites for hydroxylation is 2. The normalized spacial score (nSPS) is 10.9. The molecule has 4 N–H and O–H groups in total. The molecule has 5 nitrogen and oxygen atoms in total. The Bertz CT molecular complexity index is 881. The third kappa shape index (κ3) is 3.49. The van der Waals surface area contributed by atoms with Crippen LogP contribution >= 0.6 is 11.3 Å². The molecule has 0 fully saturated rings. The number of hydrogen-bond acceptors (Lipinski definition) is 3. The Morgan fingerprint density at radius 2 is 2.12 bits per heavy atom. The zero-order valence-corrected chi connectivity index (χ0v) is 14.2. The van der Waals surface area contributed by atoms with Crippen molar-refractivity contribution in [3.05, 3.63) is 46.8 Å². The molecule has 2 aromatic heterocycles. The van der Waals surface area contributed by atoms with E-state index in [0.717, 1.165) is 27.0 Å². The van der Waals surface area contributed by atoms with Crippen LogP contribution < -0.4 is 11.1 Å². The number of primary amides is 1. The van der Waals surface area contributed by atoms with Crippen molar-refractivity contribution in [2.75, 3.05) is 6.54 Å². The molecular weight excluding hydrogens is 322 g/mol. The van der Waals surface area contributed by atoms with Crippen LogP contribution in [0.3, 0.4) is 0 Å². The molecule has 0 aliphatic heterocycles. The minimum atomic E-state index is -0.537. The van der Waals surface area contributed by atoms with Crippen LogP contribution in [0, 0.1) is 6.92 Å². The van der Waals surface area contributed by atoms with Crippen LogP contribution in [0.4, 0.5) is 0 Å². The highest BCUT2D eigenvalue weighted by Crippen LogP contribution is 2.34. The van der Waals surface area contributed by atoms with E-state index < -0.39 is 5.91 Å². The first kappa shape index (κ1) is 16.3. The number of fused-ring (bicyclic) bond motifs is 1. The minimum absolute atomic E-state index is 0.121. The number of H-pyrrole nitrogens is 1. The summed E-state index contributed by atoms with van der Waals surface area (Å²) in [5.74, 6) is -0.710. The van der Waals surface area contributed by atoms with Crippen LogP contribution in [0.2, 0.25) is 0 Å². The van der Waals surface area contributed by atoms with Gasteiger partial charge in [-0.15, -0.1) is 11.3 Å². The zero-order valence-electron chi connectivity index (χ0n) is 13.4. The number of nitrogens with one attached hydrogen (secondary N) is 2. The summed E-state index contributed by atoms with van der Waals surface area (Å²) in [6, 6.07) is 10.4. The van der Waals surface area contributed by atoms with Gasteiger partial charge in [0, 0.05) is 17.3 Å². The fourth-order valence-corrected chi connectivity index (χ4v) is 3.52. The van der Waals surface area contributed by atoms with Crippen LogP contribution in [0.15, 0.2) is 35.7 Å². The quantitative estimate of drug-likeness (QED) is 0.644. The van der Waals surface area contributed by atoms with Crippen molar-refractivity contribution < 1.29 is 9.59 Å². The van der Waals surface area contributed by atoms with E-state index in [1.807, 2.05) is 11.4 Å². The summed E-state index contributed by atoms with van der Waals surface area (Å²) in [6.07, 6.45) is 0.911. The van der Waals surface area contributed by atoms with Gasteiger partial charge >= 0.3 is 0 Å². The van der Waals surface area contributed by atoms with Gasteiger partial charge in [-0.05, 0) is 42.5 Å². The predicted molar refractivity (Wildman–Crippen MR) is 96.9 cm³/mol. The molecule has 2 amide bonds. The Morgan fingerprint density at radius 1 is 1.29 bits per heavy atom. The average molecular weight is 341 g/mol. The molecule has 0 saturated carbocycles. The second kappa shape index (κ2) is 6.88. The van der Waals surface area contributed by atoms with Gasteiger partial charge in [-0.25, -0.2) is 0 Å². The molecule has 0 atom stereocenters. The lowest BCUT2D eigenvalue weighted by molar-refractivity contribution is -0.124. The Labute approximate surface area is 143 Å². The van der Waals surface area contributed by atoms with E-state index in [1.165, 1.54) is 5.56 Å². The van der Waals surface area contributed by atoms with Gasteiger partial charge < -0.3 is 16.0 Å². The molecule has 0 aliphatic carbocycles. The lowest BCUT2D eigenvalue weighted by atomic mass is 10.0. The van der Waals surface area contributed by atoms with E-state index in [4.69, 9.17) is 5.73 Å². The van der Waals surface area contributed by atoms with Crippen molar-refractivity contribution in [1.29, 1.82) is 0 Å². The zero-order chi connectivity index (χ0) is 17.1. The molecule has 24 heavy (non-hydrogen) atoms. The fraction of sp³-hybridized carbons (Fsp3) is 0.222. The largest absolute Gasteiger partial charge is 0.368 e. The number of rotatable bonds is 6. The topological polar surface area (TPSA) is 88.0 Å². The van der Waals surface area contributed by atoms with E-state index in [1.54, 1.807) is 11.3 Å². The maximum Gasteiger partial charge on any atom is 0.236 e. The van der Waals surface area contributed by atoms with Gasteiger partial charge in [0.15, 0.2) is 0 Å². The van der Waals surface area contributed by atoms with Gasteiger partial charge in [0.05, 0.1) is 17.1 Å². The van der Waals surface area contributed by atoms with Crippen molar-refractivity contribution in [3.63, 3.8) is 0 Å². The molecule has 3 rings (SSSR count). The molecule has 0 aliphatic rings. The van der Waals surface area contributed by atoms with Gasteiger partial charge in [-0.1, -0.05) is 17.7 Å². The third-order valence-corrected chi connectivity index (χ3v) is 4.78. The van der Waals surface area contributed by atoms with Gasteiger partial charge in [0.2, 0.25) is 11.8 Å². The number of carbonyl (C=O) groups excluding carboxylic acids is 2. The standard InChI is InChI=1S/C18H19N3O2S/c1-11-4-6-14-13(9-11)12(5-7-17(23)20-10-16(19)22)18(21-14)15-3-2-8-24-15/h2-4,6,8-9,21H,5,7,10H2,1H3,(H2,19,22)(H,20,23). The Kier molecular flexibility index (Phi) is 4.66. The number of carbonyl (C=O) groups is 2. The average Bonchev–Trinajstić information content (AvgIpc) is 3.18. The highest BCUT2D eigenvalue weighted by atomic mass is 32.1. The summed E-state index contributed by atoms with van der Waals surface area (Å²) < 4.78 is 0. The fourth-order valence-electron chi connectivity index (χ4n) is 2.76. The number of amides is 2. The van der Waals surface area contributed by atoms with Crippen molar-refractivity contribution >= 4 is 34.1 Å². The maximum absolute atomic E-state index is 11.9. The number of benzene rings is 1. The lowest BCUT2D eigenvalue weighted by Gasteiger charge is -2.05. The van der Waals surface area contributed by atoms with E-state index in [0.29, 0.717) is 12.8 Å². The van der Waals surface area contributed by atoms with E-state index in [-0.39, 0.29) is 12.5 Å². The molecular formula is C18H19N3O2S. The van der Waals surface area contributed by atoms with Gasteiger partial charge in [-0.3, -0.25) is 9.59 Å². The summed E-state index contributed by atoms with van der Waals surface area (Å²) in [4.78, 5) is 27.3. The lowest BCUT2D eigenvalue weighted by Crippen LogP contribution is -2.33. The number of aromatic amines is 1. The molecule has 0 bridgehead atoms. The second-order valence-corrected chi connectivity index (χ2v) is 6.70. The van der Waals surface area contributed by atoms with Crippen LogP contribution in [-0.4, -0.2) is 23.3 Å². The summed E-state index contributed by atoms with van der Waals surface area (Å²) in [5, 5.41) is 5.71. The molecule has 6 heteroatoms. The number of hydrogen-bond donors (Lipinski definition) is 3. The predicted octanol–water partition coefficient (Wildman–Crippen LogP) is 2.74. The minimum Gasteiger partial charge on any atom is -0.368 e. The molecule has 2 heterocycles. The molecule has 0 spiro atoms. The Balaban J connectivity index is 1.90. The molecule has 0 radical (unpaired) electrons. The smallest absolute Gasteiger partial charge is 0.236 e. The number of nitrogens with two attached hydrogens (primary N) is 1. The summed E-state index contributed by atoms with van der Waals surface area (Å²) in [5.41, 5.74) is 9.49. The van der Waals surface area contributed by atoms with E-state index in [9.17, 15) is 9.59 Å². The van der Waals surface area contributed by atoms with Crippen LogP contribution in [0.5, 0.6) is 0 Å². The highest BCUT2D eigenvalue weighted by molar-refractivity contribution is 7.13. The first-order chi connectivity index (χ1) is 11.5. The summed E-state index contributed by atoms with van der Waals surface area (Å²) >= 11 is 1.67. The SMILES string of the molecule is Cc1ccc2[nH]c(-c3cccs3)c(CCC(=O)NCC(N)=O)c2c1. The van der Waals surface area contributed by atoms with Crippen molar-refractivity contribution in [2.45, 2.75) is 19.8 Å².